The molecule has 1 saturated heterocycles. The first-order valence-corrected chi connectivity index (χ1v) is 8.80. The van der Waals surface area contributed by atoms with Gasteiger partial charge in [-0.05, 0) is 19.0 Å². The van der Waals surface area contributed by atoms with Crippen molar-refractivity contribution in [3.8, 4) is 22.9 Å². The fraction of sp³-hybridized carbons (Fsp3) is 0.263. The van der Waals surface area contributed by atoms with Gasteiger partial charge >= 0.3 is 0 Å². The molecule has 1 fully saturated rings. The van der Waals surface area contributed by atoms with Crippen molar-refractivity contribution < 1.29 is 4.74 Å². The lowest BCUT2D eigenvalue weighted by atomic mass is 10.1. The molecule has 0 aromatic carbocycles. The molecule has 1 aliphatic heterocycles. The fourth-order valence-corrected chi connectivity index (χ4v) is 3.56. The maximum atomic E-state index is 9.55. The number of aryl methyl sites for hydroxylation is 1. The molecule has 5 rings (SSSR count). The zero-order valence-corrected chi connectivity index (χ0v) is 14.7. The Morgan fingerprint density at radius 1 is 1.26 bits per heavy atom. The summed E-state index contributed by atoms with van der Waals surface area (Å²) in [5.41, 5.74) is 3.78. The maximum Gasteiger partial charge on any atom is 0.183 e. The Labute approximate surface area is 154 Å². The lowest BCUT2D eigenvalue weighted by Gasteiger charge is -2.14. The van der Waals surface area contributed by atoms with Crippen LogP contribution in [0.4, 0.5) is 0 Å². The molecule has 0 spiro atoms. The largest absolute Gasteiger partial charge is 0.485 e. The van der Waals surface area contributed by atoms with Crippen LogP contribution in [0.2, 0.25) is 0 Å². The molecule has 0 amide bonds. The molecule has 0 saturated carbocycles. The van der Waals surface area contributed by atoms with E-state index in [2.05, 4.69) is 37.5 Å². The van der Waals surface area contributed by atoms with Gasteiger partial charge in [0.2, 0.25) is 0 Å². The van der Waals surface area contributed by atoms with Crippen LogP contribution in [-0.4, -0.2) is 43.9 Å². The normalized spacial score (nSPS) is 16.8. The Balaban J connectivity index is 1.74. The van der Waals surface area contributed by atoms with Crippen LogP contribution >= 0.6 is 0 Å². The number of pyridine rings is 2. The van der Waals surface area contributed by atoms with Crippen LogP contribution in [0, 0.1) is 11.3 Å². The summed E-state index contributed by atoms with van der Waals surface area (Å²) in [5.74, 6) is 0.528. The highest BCUT2D eigenvalue weighted by Crippen LogP contribution is 2.36. The summed E-state index contributed by atoms with van der Waals surface area (Å²) in [6.07, 6.45) is 8.17. The SMILES string of the molecule is Cn1cc(-c2cnc3[nH]c4cnc(C#N)c(O[C@H]5CCNC5)c4c3c2)cn1. The van der Waals surface area contributed by atoms with Crippen LogP contribution in [0.1, 0.15) is 12.1 Å². The number of ether oxygens (including phenoxy) is 1. The van der Waals surface area contributed by atoms with Gasteiger partial charge in [0.25, 0.3) is 0 Å². The van der Waals surface area contributed by atoms with E-state index in [1.54, 1.807) is 10.9 Å². The second-order valence-corrected chi connectivity index (χ2v) is 6.72. The molecular formula is C19H17N7O. The number of nitrogens with one attached hydrogen (secondary N) is 2. The van der Waals surface area contributed by atoms with Crippen LogP contribution < -0.4 is 10.1 Å². The maximum absolute atomic E-state index is 9.55. The summed E-state index contributed by atoms with van der Waals surface area (Å²) in [7, 11) is 1.88. The lowest BCUT2D eigenvalue weighted by Crippen LogP contribution is -2.20. The van der Waals surface area contributed by atoms with E-state index in [-0.39, 0.29) is 6.10 Å². The summed E-state index contributed by atoms with van der Waals surface area (Å²) in [5, 5.41) is 18.8. The van der Waals surface area contributed by atoms with Gasteiger partial charge in [-0.25, -0.2) is 9.97 Å². The van der Waals surface area contributed by atoms with E-state index in [1.165, 1.54) is 0 Å². The fourth-order valence-electron chi connectivity index (χ4n) is 3.56. The lowest BCUT2D eigenvalue weighted by molar-refractivity contribution is 0.224. The van der Waals surface area contributed by atoms with Gasteiger partial charge in [0.15, 0.2) is 11.4 Å². The van der Waals surface area contributed by atoms with Gasteiger partial charge in [-0.2, -0.15) is 10.4 Å². The van der Waals surface area contributed by atoms with E-state index >= 15 is 0 Å². The third kappa shape index (κ3) is 2.60. The number of rotatable bonds is 3. The van der Waals surface area contributed by atoms with E-state index in [0.717, 1.165) is 52.6 Å². The number of aromatic amines is 1. The highest BCUT2D eigenvalue weighted by Gasteiger charge is 2.22. The second kappa shape index (κ2) is 6.07. The van der Waals surface area contributed by atoms with Crippen LogP contribution in [0.25, 0.3) is 33.1 Å². The van der Waals surface area contributed by atoms with Gasteiger partial charge in [-0.1, -0.05) is 0 Å². The predicted octanol–water partition coefficient (Wildman–Crippen LogP) is 2.12. The number of nitrogens with zero attached hydrogens (tertiary/aromatic N) is 5. The zero-order chi connectivity index (χ0) is 18.4. The van der Waals surface area contributed by atoms with Gasteiger partial charge in [0.05, 0.1) is 23.3 Å². The van der Waals surface area contributed by atoms with Gasteiger partial charge in [0.1, 0.15) is 17.8 Å². The number of nitriles is 1. The summed E-state index contributed by atoms with van der Waals surface area (Å²) in [4.78, 5) is 12.1. The summed E-state index contributed by atoms with van der Waals surface area (Å²) < 4.78 is 7.97. The van der Waals surface area contributed by atoms with Crippen molar-refractivity contribution in [2.45, 2.75) is 12.5 Å². The Morgan fingerprint density at radius 3 is 2.93 bits per heavy atom. The van der Waals surface area contributed by atoms with E-state index in [4.69, 9.17) is 4.74 Å². The average molecular weight is 359 g/mol. The van der Waals surface area contributed by atoms with Gasteiger partial charge in [-0.15, -0.1) is 0 Å². The minimum atomic E-state index is 0.0314. The first-order valence-electron chi connectivity index (χ1n) is 8.80. The molecule has 8 heteroatoms. The van der Waals surface area contributed by atoms with Crippen molar-refractivity contribution in [1.29, 1.82) is 5.26 Å². The smallest absolute Gasteiger partial charge is 0.183 e. The van der Waals surface area contributed by atoms with Crippen molar-refractivity contribution in [3.63, 3.8) is 0 Å². The van der Waals surface area contributed by atoms with Crippen molar-refractivity contribution in [1.82, 2.24) is 30.0 Å². The summed E-state index contributed by atoms with van der Waals surface area (Å²) >= 11 is 0. The quantitative estimate of drug-likeness (QED) is 0.581. The van der Waals surface area contributed by atoms with Crippen molar-refractivity contribution in [2.24, 2.45) is 7.05 Å². The Morgan fingerprint density at radius 2 is 2.19 bits per heavy atom. The van der Waals surface area contributed by atoms with Crippen LogP contribution in [-0.2, 0) is 7.05 Å². The number of aromatic nitrogens is 5. The molecule has 4 aromatic heterocycles. The van der Waals surface area contributed by atoms with E-state index in [9.17, 15) is 5.26 Å². The topological polar surface area (TPSA) is 104 Å². The van der Waals surface area contributed by atoms with Crippen molar-refractivity contribution >= 4 is 21.9 Å². The van der Waals surface area contributed by atoms with E-state index in [1.807, 2.05) is 25.6 Å². The second-order valence-electron chi connectivity index (χ2n) is 6.72. The molecule has 2 N–H and O–H groups in total. The third-order valence-electron chi connectivity index (χ3n) is 4.89. The first kappa shape index (κ1) is 15.8. The highest BCUT2D eigenvalue weighted by atomic mass is 16.5. The predicted molar refractivity (Wildman–Crippen MR) is 100 cm³/mol. The number of hydrogen-bond acceptors (Lipinski definition) is 6. The number of H-pyrrole nitrogens is 1. The van der Waals surface area contributed by atoms with Gasteiger partial charge < -0.3 is 15.0 Å². The van der Waals surface area contributed by atoms with Crippen LogP contribution in [0.3, 0.4) is 0 Å². The third-order valence-corrected chi connectivity index (χ3v) is 4.89. The molecule has 5 heterocycles. The molecule has 1 aliphatic rings. The zero-order valence-electron chi connectivity index (χ0n) is 14.7. The molecule has 1 atom stereocenters. The van der Waals surface area contributed by atoms with Crippen molar-refractivity contribution in [2.75, 3.05) is 13.1 Å². The van der Waals surface area contributed by atoms with Crippen LogP contribution in [0.15, 0.2) is 30.9 Å². The number of fused-ring (bicyclic) bond motifs is 3. The Kier molecular flexibility index (Phi) is 3.55. The number of hydrogen-bond donors (Lipinski definition) is 2. The molecule has 27 heavy (non-hydrogen) atoms. The van der Waals surface area contributed by atoms with E-state index < -0.39 is 0 Å². The molecule has 134 valence electrons. The monoisotopic (exact) mass is 359 g/mol. The molecule has 0 bridgehead atoms. The first-order chi connectivity index (χ1) is 13.2. The van der Waals surface area contributed by atoms with Crippen LogP contribution in [0.5, 0.6) is 5.75 Å². The molecule has 0 radical (unpaired) electrons. The summed E-state index contributed by atoms with van der Waals surface area (Å²) in [6.45, 7) is 1.68. The van der Waals surface area contributed by atoms with E-state index in [0.29, 0.717) is 11.4 Å². The molecule has 8 nitrogen and oxygen atoms in total. The highest BCUT2D eigenvalue weighted by molar-refractivity contribution is 6.10. The molecule has 4 aromatic rings. The van der Waals surface area contributed by atoms with Gasteiger partial charge in [0, 0.05) is 42.5 Å². The molecular weight excluding hydrogens is 342 g/mol. The minimum absolute atomic E-state index is 0.0314. The average Bonchev–Trinajstić information content (AvgIpc) is 3.41. The van der Waals surface area contributed by atoms with Crippen molar-refractivity contribution in [3.05, 3.63) is 36.5 Å². The summed E-state index contributed by atoms with van der Waals surface area (Å²) in [6, 6.07) is 4.22. The Bertz CT molecular complexity index is 1190. The minimum Gasteiger partial charge on any atom is -0.485 e. The molecule has 0 unspecified atom stereocenters. The Hall–Kier alpha value is -3.44. The molecule has 0 aliphatic carbocycles. The standard InChI is InChI=1S/C19H17N7O/c1-26-10-12(7-24-26)11-4-14-17-16(25-19(14)23-6-11)9-22-15(5-20)18(17)27-13-2-3-21-8-13/h4,6-7,9-10,13,21H,2-3,8H2,1H3,(H,23,25)/t13-/m0/s1. The van der Waals surface area contributed by atoms with Gasteiger partial charge in [-0.3, -0.25) is 4.68 Å².